The van der Waals surface area contributed by atoms with Gasteiger partial charge in [0.1, 0.15) is 30.3 Å². The molecule has 0 bridgehead atoms. The van der Waals surface area contributed by atoms with E-state index in [1.165, 1.54) is 18.5 Å². The quantitative estimate of drug-likeness (QED) is 0.195. The van der Waals surface area contributed by atoms with Gasteiger partial charge in [0.05, 0.1) is 17.1 Å². The highest BCUT2D eigenvalue weighted by atomic mass is 35.5. The van der Waals surface area contributed by atoms with E-state index in [0.717, 1.165) is 65.8 Å². The molecule has 1 atom stereocenters. The summed E-state index contributed by atoms with van der Waals surface area (Å²) in [6.07, 6.45) is 8.02. The van der Waals surface area contributed by atoms with Crippen LogP contribution in [0.2, 0.25) is 5.02 Å². The van der Waals surface area contributed by atoms with Gasteiger partial charge in [-0.1, -0.05) is 29.8 Å². The van der Waals surface area contributed by atoms with E-state index in [1.807, 2.05) is 12.1 Å². The predicted molar refractivity (Wildman–Crippen MR) is 160 cm³/mol. The molecule has 7 nitrogen and oxygen atoms in total. The molecule has 210 valence electrons. The molecule has 1 aliphatic heterocycles. The zero-order chi connectivity index (χ0) is 28.2. The van der Waals surface area contributed by atoms with Crippen LogP contribution < -0.4 is 10.1 Å². The number of ether oxygens (including phenoxy) is 1. The van der Waals surface area contributed by atoms with Crippen molar-refractivity contribution >= 4 is 34.0 Å². The summed E-state index contributed by atoms with van der Waals surface area (Å²) in [6.45, 7) is 3.30. The fourth-order valence-electron chi connectivity index (χ4n) is 5.35. The third kappa shape index (κ3) is 6.35. The van der Waals surface area contributed by atoms with Gasteiger partial charge in [0.15, 0.2) is 0 Å². The zero-order valence-electron chi connectivity index (χ0n) is 22.5. The summed E-state index contributed by atoms with van der Waals surface area (Å²) in [5, 5.41) is 14.3. The number of hydrogen-bond donors (Lipinski definition) is 2. The smallest absolute Gasteiger partial charge is 0.141 e. The summed E-state index contributed by atoms with van der Waals surface area (Å²) in [6, 6.07) is 20.3. The van der Waals surface area contributed by atoms with Crippen molar-refractivity contribution in [3.63, 3.8) is 0 Å². The first-order chi connectivity index (χ1) is 20.1. The van der Waals surface area contributed by atoms with E-state index in [-0.39, 0.29) is 25.1 Å². The molecular formula is C32H31ClFN5O2. The Morgan fingerprint density at radius 3 is 2.80 bits per heavy atom. The highest BCUT2D eigenvalue weighted by molar-refractivity contribution is 6.32. The lowest BCUT2D eigenvalue weighted by molar-refractivity contribution is 0.155. The zero-order valence-corrected chi connectivity index (χ0v) is 23.3. The van der Waals surface area contributed by atoms with Gasteiger partial charge in [-0.25, -0.2) is 14.4 Å². The van der Waals surface area contributed by atoms with Crippen LogP contribution in [0.3, 0.4) is 0 Å². The Hall–Kier alpha value is -3.98. The van der Waals surface area contributed by atoms with Crippen LogP contribution in [-0.4, -0.2) is 50.3 Å². The molecule has 1 saturated heterocycles. The van der Waals surface area contributed by atoms with Gasteiger partial charge in [0, 0.05) is 42.6 Å². The molecule has 0 amide bonds. The van der Waals surface area contributed by atoms with Crippen molar-refractivity contribution in [2.24, 2.45) is 0 Å². The molecule has 1 fully saturated rings. The average molecular weight is 572 g/mol. The summed E-state index contributed by atoms with van der Waals surface area (Å²) in [5.74, 6) is 0.881. The van der Waals surface area contributed by atoms with Crippen molar-refractivity contribution in [2.45, 2.75) is 32.0 Å². The van der Waals surface area contributed by atoms with Crippen LogP contribution >= 0.6 is 11.6 Å². The largest absolute Gasteiger partial charge is 0.487 e. The van der Waals surface area contributed by atoms with Gasteiger partial charge in [0.25, 0.3) is 0 Å². The monoisotopic (exact) mass is 571 g/mol. The highest BCUT2D eigenvalue weighted by Gasteiger charge is 2.23. The number of nitrogens with one attached hydrogen (secondary N) is 1. The molecule has 9 heteroatoms. The molecule has 2 aromatic heterocycles. The number of benzene rings is 3. The van der Waals surface area contributed by atoms with E-state index in [0.29, 0.717) is 16.6 Å². The molecule has 5 aromatic rings. The number of aromatic nitrogens is 3. The Labute approximate surface area is 243 Å². The minimum Gasteiger partial charge on any atom is -0.487 e. The number of aliphatic hydroxyl groups is 1. The van der Waals surface area contributed by atoms with Crippen LogP contribution in [0, 0.1) is 5.82 Å². The summed E-state index contributed by atoms with van der Waals surface area (Å²) >= 11 is 6.51. The molecule has 0 saturated carbocycles. The van der Waals surface area contributed by atoms with Gasteiger partial charge in [0.2, 0.25) is 0 Å². The number of nitrogens with zero attached hydrogens (tertiary/aromatic N) is 4. The Bertz CT molecular complexity index is 1660. The van der Waals surface area contributed by atoms with Crippen LogP contribution in [-0.2, 0) is 13.2 Å². The molecule has 6 rings (SSSR count). The summed E-state index contributed by atoms with van der Waals surface area (Å²) in [7, 11) is 0. The molecule has 3 aromatic carbocycles. The standard InChI is InChI=1S/C32H31ClFN5O2/c33-29-17-26(7-9-31(29)41-20-22-3-1-4-25(34)15-22)37-32-28-16-23(6-8-30(28)35-21-36-32)24-10-12-38(18-24)13-14-39-11-2-5-27(39)19-40/h1,3-4,6-10,12,15-18,21,27,40H,2,5,11,13-14,19-20H2,(H,35,36,37). The van der Waals surface area contributed by atoms with Crippen LogP contribution in [0.5, 0.6) is 5.75 Å². The number of halogens is 2. The Morgan fingerprint density at radius 1 is 1.02 bits per heavy atom. The van der Waals surface area contributed by atoms with Gasteiger partial charge in [-0.3, -0.25) is 4.90 Å². The lowest BCUT2D eigenvalue weighted by Gasteiger charge is -2.22. The Balaban J connectivity index is 1.16. The lowest BCUT2D eigenvalue weighted by Crippen LogP contribution is -2.34. The number of aliphatic hydroxyl groups excluding tert-OH is 1. The van der Waals surface area contributed by atoms with Crippen molar-refractivity contribution in [1.29, 1.82) is 0 Å². The van der Waals surface area contributed by atoms with Crippen molar-refractivity contribution in [3.05, 3.63) is 102 Å². The number of anilines is 2. The molecule has 1 aliphatic rings. The van der Waals surface area contributed by atoms with Gasteiger partial charge in [-0.2, -0.15) is 0 Å². The minimum absolute atomic E-state index is 0.215. The van der Waals surface area contributed by atoms with E-state index in [4.69, 9.17) is 16.3 Å². The van der Waals surface area contributed by atoms with Crippen LogP contribution in [0.1, 0.15) is 18.4 Å². The molecule has 0 spiro atoms. The Morgan fingerprint density at radius 2 is 1.95 bits per heavy atom. The molecule has 0 radical (unpaired) electrons. The van der Waals surface area contributed by atoms with Gasteiger partial charge < -0.3 is 19.7 Å². The third-order valence-electron chi connectivity index (χ3n) is 7.55. The number of fused-ring (bicyclic) bond motifs is 1. The predicted octanol–water partition coefficient (Wildman–Crippen LogP) is 6.67. The summed E-state index contributed by atoms with van der Waals surface area (Å²) in [5.41, 5.74) is 4.50. The topological polar surface area (TPSA) is 75.4 Å². The molecule has 2 N–H and O–H groups in total. The molecule has 3 heterocycles. The normalized spacial score (nSPS) is 15.4. The van der Waals surface area contributed by atoms with Gasteiger partial charge in [-0.05, 0) is 84.6 Å². The van der Waals surface area contributed by atoms with Crippen molar-refractivity contribution in [2.75, 3.05) is 25.0 Å². The summed E-state index contributed by atoms with van der Waals surface area (Å²) < 4.78 is 21.5. The highest BCUT2D eigenvalue weighted by Crippen LogP contribution is 2.32. The van der Waals surface area contributed by atoms with E-state index < -0.39 is 0 Å². The maximum absolute atomic E-state index is 13.5. The second-order valence-electron chi connectivity index (χ2n) is 10.3. The first-order valence-electron chi connectivity index (χ1n) is 13.8. The number of rotatable bonds is 10. The lowest BCUT2D eigenvalue weighted by atomic mass is 10.1. The second kappa shape index (κ2) is 12.3. The average Bonchev–Trinajstić information content (AvgIpc) is 3.65. The molecule has 1 unspecified atom stereocenters. The second-order valence-corrected chi connectivity index (χ2v) is 10.7. The van der Waals surface area contributed by atoms with Crippen molar-refractivity contribution in [3.8, 4) is 16.9 Å². The maximum Gasteiger partial charge on any atom is 0.141 e. The SMILES string of the molecule is OCC1CCCN1CCn1ccc(-c2ccc3ncnc(Nc4ccc(OCc5cccc(F)c5)c(Cl)c4)c3c2)c1. The van der Waals surface area contributed by atoms with E-state index in [2.05, 4.69) is 55.3 Å². The van der Waals surface area contributed by atoms with Crippen molar-refractivity contribution < 1.29 is 14.2 Å². The minimum atomic E-state index is -0.302. The Kier molecular flexibility index (Phi) is 8.14. The molecule has 0 aliphatic carbocycles. The number of likely N-dealkylation sites (tertiary alicyclic amines) is 1. The first-order valence-corrected chi connectivity index (χ1v) is 14.1. The van der Waals surface area contributed by atoms with E-state index in [1.54, 1.807) is 24.3 Å². The van der Waals surface area contributed by atoms with E-state index >= 15 is 0 Å². The van der Waals surface area contributed by atoms with Crippen LogP contribution in [0.15, 0.2) is 85.5 Å². The van der Waals surface area contributed by atoms with E-state index in [9.17, 15) is 9.50 Å². The molecule has 41 heavy (non-hydrogen) atoms. The first kappa shape index (κ1) is 27.2. The fourth-order valence-corrected chi connectivity index (χ4v) is 5.58. The maximum atomic E-state index is 13.5. The number of hydrogen-bond acceptors (Lipinski definition) is 6. The fraction of sp³-hybridized carbons (Fsp3) is 0.250. The van der Waals surface area contributed by atoms with Gasteiger partial charge in [-0.15, -0.1) is 0 Å². The molecular weight excluding hydrogens is 541 g/mol. The van der Waals surface area contributed by atoms with Crippen LogP contribution in [0.4, 0.5) is 15.9 Å². The third-order valence-corrected chi connectivity index (χ3v) is 7.85. The summed E-state index contributed by atoms with van der Waals surface area (Å²) in [4.78, 5) is 11.3. The van der Waals surface area contributed by atoms with Crippen molar-refractivity contribution in [1.82, 2.24) is 19.4 Å². The van der Waals surface area contributed by atoms with Crippen LogP contribution in [0.25, 0.3) is 22.0 Å². The van der Waals surface area contributed by atoms with Gasteiger partial charge >= 0.3 is 0 Å².